The number of furan rings is 1. The van der Waals surface area contributed by atoms with Gasteiger partial charge in [-0.3, -0.25) is 10.00 Å². The van der Waals surface area contributed by atoms with E-state index in [1.807, 2.05) is 31.2 Å². The molecule has 1 aliphatic heterocycles. The van der Waals surface area contributed by atoms with E-state index in [1.165, 1.54) is 10.6 Å². The van der Waals surface area contributed by atoms with Gasteiger partial charge in [0.05, 0.1) is 12.9 Å². The monoisotopic (exact) mass is 383 g/mol. The van der Waals surface area contributed by atoms with Gasteiger partial charge in [-0.05, 0) is 43.4 Å². The van der Waals surface area contributed by atoms with E-state index in [9.17, 15) is 8.42 Å². The van der Waals surface area contributed by atoms with E-state index in [0.29, 0.717) is 43.4 Å². The Labute approximate surface area is 151 Å². The Bertz CT molecular complexity index is 917. The van der Waals surface area contributed by atoms with Crippen molar-refractivity contribution in [3.05, 3.63) is 34.2 Å². The van der Waals surface area contributed by atoms with Crippen LogP contribution in [0, 0.1) is 11.7 Å². The molecule has 1 N–H and O–H groups in total. The van der Waals surface area contributed by atoms with Gasteiger partial charge in [0.2, 0.25) is 14.8 Å². The summed E-state index contributed by atoms with van der Waals surface area (Å²) in [4.78, 5) is 6.45. The highest BCUT2D eigenvalue weighted by Crippen LogP contribution is 2.11. The van der Waals surface area contributed by atoms with Crippen LogP contribution in [0.2, 0.25) is 0 Å². The quantitative estimate of drug-likeness (QED) is 0.788. The Kier molecular flexibility index (Phi) is 5.23. The maximum absolute atomic E-state index is 11.6. The van der Waals surface area contributed by atoms with Crippen molar-refractivity contribution in [1.29, 1.82) is 0 Å². The summed E-state index contributed by atoms with van der Waals surface area (Å²) in [5.41, 5.74) is 0. The lowest BCUT2D eigenvalue weighted by Gasteiger charge is -2.32. The maximum atomic E-state index is 11.6. The largest absolute Gasteiger partial charge is 0.462 e. The minimum atomic E-state index is -3.12. The number of nitrogens with zero attached hydrogens (tertiary/aromatic N) is 4. The molecule has 0 amide bonds. The fourth-order valence-electron chi connectivity index (χ4n) is 2.65. The molecule has 25 heavy (non-hydrogen) atoms. The van der Waals surface area contributed by atoms with Crippen molar-refractivity contribution in [3.8, 4) is 0 Å². The summed E-state index contributed by atoms with van der Waals surface area (Å²) < 4.78 is 32.3. The predicted molar refractivity (Wildman–Crippen MR) is 97.8 cm³/mol. The molecule has 1 fully saturated rings. The van der Waals surface area contributed by atoms with Crippen LogP contribution in [0.5, 0.6) is 0 Å². The van der Waals surface area contributed by atoms with Gasteiger partial charge < -0.3 is 4.42 Å². The molecule has 3 rings (SSSR count). The third-order valence-corrected chi connectivity index (χ3v) is 5.62. The first-order valence-electron chi connectivity index (χ1n) is 7.90. The van der Waals surface area contributed by atoms with Crippen molar-refractivity contribution in [2.75, 3.05) is 32.4 Å². The van der Waals surface area contributed by atoms with Crippen molar-refractivity contribution < 1.29 is 12.8 Å². The molecular weight excluding hydrogens is 362 g/mol. The molecule has 0 spiro atoms. The van der Waals surface area contributed by atoms with Crippen LogP contribution >= 0.6 is 12.2 Å². The van der Waals surface area contributed by atoms with Crippen LogP contribution < -0.4 is 0 Å². The number of rotatable bonds is 5. The highest BCUT2D eigenvalue weighted by molar-refractivity contribution is 7.88. The van der Waals surface area contributed by atoms with Crippen molar-refractivity contribution in [2.24, 2.45) is 0 Å². The van der Waals surface area contributed by atoms with Gasteiger partial charge in [-0.25, -0.2) is 13.1 Å². The van der Waals surface area contributed by atoms with Crippen molar-refractivity contribution >= 4 is 34.4 Å². The lowest BCUT2D eigenvalue weighted by atomic mass is 10.4. The van der Waals surface area contributed by atoms with E-state index in [1.54, 1.807) is 4.68 Å². The number of nitrogens with one attached hydrogen (secondary N) is 1. The molecule has 10 heteroatoms. The number of hydrogen-bond acceptors (Lipinski definition) is 6. The summed E-state index contributed by atoms with van der Waals surface area (Å²) in [5, 5.41) is 3.15. The first-order chi connectivity index (χ1) is 11.8. The summed E-state index contributed by atoms with van der Waals surface area (Å²) >= 11 is 5.29. The van der Waals surface area contributed by atoms with Crippen molar-refractivity contribution in [3.63, 3.8) is 0 Å². The number of piperazine rings is 1. The molecule has 0 saturated carbocycles. The van der Waals surface area contributed by atoms with E-state index < -0.39 is 10.0 Å². The van der Waals surface area contributed by atoms with Gasteiger partial charge in [-0.1, -0.05) is 0 Å². The van der Waals surface area contributed by atoms with Gasteiger partial charge in [-0.15, -0.1) is 0 Å². The molecule has 0 radical (unpaired) electrons. The topological polar surface area (TPSA) is 87.4 Å². The second kappa shape index (κ2) is 7.24. The molecule has 0 atom stereocenters. The summed E-state index contributed by atoms with van der Waals surface area (Å²) in [6.45, 7) is 4.74. The number of aromatic amines is 1. The summed E-state index contributed by atoms with van der Waals surface area (Å²) in [6.07, 6.45) is 4.88. The highest BCUT2D eigenvalue weighted by atomic mass is 32.2. The molecule has 8 nitrogen and oxygen atoms in total. The fourth-order valence-corrected chi connectivity index (χ4v) is 3.68. The first kappa shape index (κ1) is 18.1. The summed E-state index contributed by atoms with van der Waals surface area (Å²) in [7, 11) is -3.12. The number of aryl methyl sites for hydroxylation is 1. The molecule has 0 aliphatic carbocycles. The zero-order chi connectivity index (χ0) is 18.0. The molecule has 0 unspecified atom stereocenters. The van der Waals surface area contributed by atoms with Crippen LogP contribution in [0.1, 0.15) is 17.3 Å². The third kappa shape index (κ3) is 4.66. The second-order valence-electron chi connectivity index (χ2n) is 6.02. The van der Waals surface area contributed by atoms with E-state index in [4.69, 9.17) is 16.6 Å². The van der Waals surface area contributed by atoms with Crippen LogP contribution in [0.25, 0.3) is 12.2 Å². The fraction of sp³-hybridized carbons (Fsp3) is 0.467. The minimum Gasteiger partial charge on any atom is -0.462 e. The zero-order valence-electron chi connectivity index (χ0n) is 14.2. The van der Waals surface area contributed by atoms with Gasteiger partial charge >= 0.3 is 0 Å². The molecule has 2 aromatic heterocycles. The van der Waals surface area contributed by atoms with Gasteiger partial charge in [0.15, 0.2) is 0 Å². The van der Waals surface area contributed by atoms with Gasteiger partial charge in [0.1, 0.15) is 17.3 Å². The predicted octanol–water partition coefficient (Wildman–Crippen LogP) is 1.55. The van der Waals surface area contributed by atoms with E-state index >= 15 is 0 Å². The molecule has 1 aliphatic rings. The van der Waals surface area contributed by atoms with Gasteiger partial charge in [0.25, 0.3) is 0 Å². The minimum absolute atomic E-state index is 0.459. The summed E-state index contributed by atoms with van der Waals surface area (Å²) in [5.74, 6) is 2.25. The number of H-pyrrole nitrogens is 1. The SMILES string of the molecule is Cc1ccc(/C=C/c2nc(=S)n(CN3CCN(S(C)(=O)=O)CC3)[nH]2)o1. The Morgan fingerprint density at radius 1 is 1.28 bits per heavy atom. The standard InChI is InChI=1S/C15H21N5O3S2/c1-12-3-4-13(23-12)5-6-14-16-15(24)20(17-14)11-18-7-9-19(10-8-18)25(2,21)22/h3-6H,7-11H2,1-2H3,(H,16,17,24)/b6-5+. The van der Waals surface area contributed by atoms with Gasteiger partial charge in [-0.2, -0.15) is 9.29 Å². The number of aromatic nitrogens is 3. The van der Waals surface area contributed by atoms with Crippen molar-refractivity contribution in [2.45, 2.75) is 13.6 Å². The average Bonchev–Trinajstić information content (AvgIpc) is 3.11. The lowest BCUT2D eigenvalue weighted by molar-refractivity contribution is 0.145. The normalized spacial score (nSPS) is 17.5. The molecular formula is C15H21N5O3S2. The van der Waals surface area contributed by atoms with Crippen LogP contribution in [-0.2, 0) is 16.7 Å². The number of sulfonamides is 1. The molecule has 0 bridgehead atoms. The molecule has 1 saturated heterocycles. The summed E-state index contributed by atoms with van der Waals surface area (Å²) in [6, 6.07) is 3.79. The molecule has 3 heterocycles. The number of hydrogen-bond donors (Lipinski definition) is 1. The molecule has 0 aromatic carbocycles. The molecule has 136 valence electrons. The Balaban J connectivity index is 1.62. The van der Waals surface area contributed by atoms with E-state index in [0.717, 1.165) is 11.5 Å². The average molecular weight is 383 g/mol. The van der Waals surface area contributed by atoms with Crippen LogP contribution in [0.3, 0.4) is 0 Å². The van der Waals surface area contributed by atoms with Crippen LogP contribution in [0.15, 0.2) is 16.5 Å². The van der Waals surface area contributed by atoms with Gasteiger partial charge in [0, 0.05) is 26.2 Å². The van der Waals surface area contributed by atoms with Crippen LogP contribution in [-0.4, -0.2) is 64.8 Å². The highest BCUT2D eigenvalue weighted by Gasteiger charge is 2.23. The van der Waals surface area contributed by atoms with Crippen molar-refractivity contribution in [1.82, 2.24) is 24.0 Å². The van der Waals surface area contributed by atoms with Crippen LogP contribution in [0.4, 0.5) is 0 Å². The Morgan fingerprint density at radius 3 is 2.60 bits per heavy atom. The Morgan fingerprint density at radius 2 is 2.00 bits per heavy atom. The maximum Gasteiger partial charge on any atom is 0.217 e. The zero-order valence-corrected chi connectivity index (χ0v) is 15.8. The van der Waals surface area contributed by atoms with E-state index in [2.05, 4.69) is 15.0 Å². The molecule has 2 aromatic rings. The smallest absolute Gasteiger partial charge is 0.217 e. The third-order valence-electron chi connectivity index (χ3n) is 4.00. The second-order valence-corrected chi connectivity index (χ2v) is 8.37. The first-order valence-corrected chi connectivity index (χ1v) is 10.2. The lowest BCUT2D eigenvalue weighted by Crippen LogP contribution is -2.48. The van der Waals surface area contributed by atoms with E-state index in [-0.39, 0.29) is 0 Å². The Hall–Kier alpha value is -1.75.